The summed E-state index contributed by atoms with van der Waals surface area (Å²) >= 11 is 1.54. The van der Waals surface area contributed by atoms with Gasteiger partial charge in [-0.15, -0.1) is 11.8 Å². The maximum absolute atomic E-state index is 12.7. The second-order valence-electron chi connectivity index (χ2n) is 6.70. The van der Waals surface area contributed by atoms with Crippen LogP contribution in [0, 0.1) is 5.92 Å². The highest BCUT2D eigenvalue weighted by atomic mass is 32.2. The Balaban J connectivity index is 1.69. The number of sulfonamides is 1. The molecular formula is C20H24N2O5S2. The average Bonchev–Trinajstić information content (AvgIpc) is 2.85. The summed E-state index contributed by atoms with van der Waals surface area (Å²) in [6.45, 7) is 2.08. The smallest absolute Gasteiger partial charge is 0.240 e. The highest BCUT2D eigenvalue weighted by molar-refractivity contribution is 7.99. The van der Waals surface area contributed by atoms with Crippen LogP contribution in [0.1, 0.15) is 12.5 Å². The monoisotopic (exact) mass is 436 g/mol. The highest BCUT2D eigenvalue weighted by Gasteiger charge is 2.22. The lowest BCUT2D eigenvalue weighted by molar-refractivity contribution is -0.118. The van der Waals surface area contributed by atoms with E-state index in [4.69, 9.17) is 9.47 Å². The molecule has 7 nitrogen and oxygen atoms in total. The number of rotatable bonds is 7. The number of fused-ring (bicyclic) bond motifs is 1. The van der Waals surface area contributed by atoms with Crippen molar-refractivity contribution < 1.29 is 22.7 Å². The molecule has 1 unspecified atom stereocenters. The van der Waals surface area contributed by atoms with E-state index < -0.39 is 10.0 Å². The number of nitrogens with one attached hydrogen (secondary N) is 2. The Hall–Kier alpha value is -2.23. The second kappa shape index (κ2) is 9.06. The van der Waals surface area contributed by atoms with Gasteiger partial charge in [-0.1, -0.05) is 13.0 Å². The average molecular weight is 437 g/mol. The van der Waals surface area contributed by atoms with Gasteiger partial charge in [0.25, 0.3) is 0 Å². The van der Waals surface area contributed by atoms with Gasteiger partial charge < -0.3 is 14.8 Å². The molecule has 0 saturated carbocycles. The van der Waals surface area contributed by atoms with E-state index in [2.05, 4.69) is 10.0 Å². The molecule has 9 heteroatoms. The number of methoxy groups -OCH3 is 2. The third-order valence-corrected chi connectivity index (χ3v) is 7.40. The van der Waals surface area contributed by atoms with E-state index in [-0.39, 0.29) is 23.3 Å². The summed E-state index contributed by atoms with van der Waals surface area (Å²) in [5.41, 5.74) is 1.46. The standard InChI is InChI=1S/C20H24N2O5S2/c1-13-12-28-19-7-5-15(11-16(19)22-20(13)23)29(24,25)21-9-8-14-4-6-17(26-2)18(10-14)27-3/h4-7,10-11,13,21H,8-9,12H2,1-3H3,(H,22,23). The normalized spacial score (nSPS) is 16.5. The zero-order chi connectivity index (χ0) is 21.0. The molecule has 0 aromatic heterocycles. The molecule has 0 radical (unpaired) electrons. The van der Waals surface area contributed by atoms with Crippen molar-refractivity contribution in [3.8, 4) is 11.5 Å². The summed E-state index contributed by atoms with van der Waals surface area (Å²) in [5.74, 6) is 1.64. The second-order valence-corrected chi connectivity index (χ2v) is 9.53. The molecule has 1 heterocycles. The molecule has 1 aliphatic heterocycles. The summed E-state index contributed by atoms with van der Waals surface area (Å²) < 4.78 is 38.5. The van der Waals surface area contributed by atoms with Crippen molar-refractivity contribution in [2.24, 2.45) is 5.92 Å². The van der Waals surface area contributed by atoms with Gasteiger partial charge in [0.15, 0.2) is 11.5 Å². The number of benzene rings is 2. The van der Waals surface area contributed by atoms with Crippen LogP contribution < -0.4 is 19.5 Å². The summed E-state index contributed by atoms with van der Waals surface area (Å²) in [4.78, 5) is 13.0. The van der Waals surface area contributed by atoms with Gasteiger partial charge >= 0.3 is 0 Å². The van der Waals surface area contributed by atoms with Gasteiger partial charge in [-0.25, -0.2) is 13.1 Å². The first-order valence-corrected chi connectivity index (χ1v) is 11.6. The van der Waals surface area contributed by atoms with Crippen LogP contribution in [0.25, 0.3) is 0 Å². The topological polar surface area (TPSA) is 93.7 Å². The van der Waals surface area contributed by atoms with Gasteiger partial charge in [0.2, 0.25) is 15.9 Å². The van der Waals surface area contributed by atoms with Crippen molar-refractivity contribution in [3.05, 3.63) is 42.0 Å². The van der Waals surface area contributed by atoms with Crippen LogP contribution in [0.15, 0.2) is 46.2 Å². The molecule has 0 saturated heterocycles. The molecule has 3 rings (SSSR count). The fraction of sp³-hybridized carbons (Fsp3) is 0.350. The lowest BCUT2D eigenvalue weighted by atomic mass is 10.1. The van der Waals surface area contributed by atoms with Crippen molar-refractivity contribution in [2.75, 3.05) is 31.8 Å². The third-order valence-electron chi connectivity index (χ3n) is 4.61. The van der Waals surface area contributed by atoms with Crippen molar-refractivity contribution in [1.82, 2.24) is 4.72 Å². The maximum atomic E-state index is 12.7. The van der Waals surface area contributed by atoms with Gasteiger partial charge in [0.1, 0.15) is 0 Å². The van der Waals surface area contributed by atoms with Gasteiger partial charge in [0, 0.05) is 23.1 Å². The molecule has 2 aromatic carbocycles. The Morgan fingerprint density at radius 2 is 1.90 bits per heavy atom. The van der Waals surface area contributed by atoms with Crippen LogP contribution in [-0.4, -0.2) is 40.8 Å². The molecule has 2 N–H and O–H groups in total. The Bertz CT molecular complexity index is 1010. The molecule has 0 aliphatic carbocycles. The number of carbonyl (C=O) groups excluding carboxylic acids is 1. The van der Waals surface area contributed by atoms with E-state index in [9.17, 15) is 13.2 Å². The minimum Gasteiger partial charge on any atom is -0.493 e. The largest absolute Gasteiger partial charge is 0.493 e. The summed E-state index contributed by atoms with van der Waals surface area (Å²) in [6, 6.07) is 10.3. The van der Waals surface area contributed by atoms with Gasteiger partial charge in [-0.2, -0.15) is 0 Å². The van der Waals surface area contributed by atoms with E-state index in [0.29, 0.717) is 29.4 Å². The summed E-state index contributed by atoms with van der Waals surface area (Å²) in [7, 11) is -0.583. The predicted octanol–water partition coefficient (Wildman–Crippen LogP) is 2.91. The van der Waals surface area contributed by atoms with E-state index >= 15 is 0 Å². The fourth-order valence-electron chi connectivity index (χ4n) is 2.90. The highest BCUT2D eigenvalue weighted by Crippen LogP contribution is 2.34. The zero-order valence-corrected chi connectivity index (χ0v) is 18.2. The molecule has 1 aliphatic rings. The lowest BCUT2D eigenvalue weighted by Gasteiger charge is -2.12. The molecular weight excluding hydrogens is 412 g/mol. The van der Waals surface area contributed by atoms with Crippen LogP contribution in [0.4, 0.5) is 5.69 Å². The number of ether oxygens (including phenoxy) is 2. The molecule has 156 valence electrons. The fourth-order valence-corrected chi connectivity index (χ4v) is 4.96. The van der Waals surface area contributed by atoms with Gasteiger partial charge in [0.05, 0.1) is 24.8 Å². The minimum atomic E-state index is -3.70. The first-order valence-electron chi connectivity index (χ1n) is 9.12. The first kappa shape index (κ1) is 21.5. The molecule has 1 amide bonds. The quantitative estimate of drug-likeness (QED) is 0.693. The Morgan fingerprint density at radius 1 is 1.14 bits per heavy atom. The van der Waals surface area contributed by atoms with E-state index in [1.807, 2.05) is 19.1 Å². The zero-order valence-electron chi connectivity index (χ0n) is 16.5. The van der Waals surface area contributed by atoms with Crippen LogP contribution in [0.2, 0.25) is 0 Å². The predicted molar refractivity (Wildman–Crippen MR) is 113 cm³/mol. The van der Waals surface area contributed by atoms with Crippen molar-refractivity contribution in [1.29, 1.82) is 0 Å². The van der Waals surface area contributed by atoms with E-state index in [1.165, 1.54) is 6.07 Å². The Kier molecular flexibility index (Phi) is 6.71. The van der Waals surface area contributed by atoms with E-state index in [0.717, 1.165) is 10.5 Å². The van der Waals surface area contributed by atoms with Gasteiger partial charge in [-0.3, -0.25) is 4.79 Å². The molecule has 2 aromatic rings. The SMILES string of the molecule is COc1ccc(CCNS(=O)(=O)c2ccc3c(c2)NC(=O)C(C)CS3)cc1OC. The van der Waals surface area contributed by atoms with Crippen LogP contribution in [-0.2, 0) is 21.2 Å². The molecule has 0 fully saturated rings. The van der Waals surface area contributed by atoms with Crippen molar-refractivity contribution in [2.45, 2.75) is 23.1 Å². The number of hydrogen-bond acceptors (Lipinski definition) is 6. The molecule has 0 spiro atoms. The lowest BCUT2D eigenvalue weighted by Crippen LogP contribution is -2.26. The van der Waals surface area contributed by atoms with Gasteiger partial charge in [-0.05, 0) is 42.3 Å². The first-order chi connectivity index (χ1) is 13.8. The van der Waals surface area contributed by atoms with Crippen LogP contribution in [0.3, 0.4) is 0 Å². The minimum absolute atomic E-state index is 0.104. The van der Waals surface area contributed by atoms with Crippen LogP contribution in [0.5, 0.6) is 11.5 Å². The Morgan fingerprint density at radius 3 is 2.62 bits per heavy atom. The molecule has 0 bridgehead atoms. The number of thioether (sulfide) groups is 1. The van der Waals surface area contributed by atoms with Crippen molar-refractivity contribution >= 4 is 33.4 Å². The number of carbonyl (C=O) groups is 1. The third kappa shape index (κ3) is 5.04. The molecule has 1 atom stereocenters. The van der Waals surface area contributed by atoms with Crippen LogP contribution >= 0.6 is 11.8 Å². The number of anilines is 1. The number of hydrogen-bond donors (Lipinski definition) is 2. The molecule has 29 heavy (non-hydrogen) atoms. The summed E-state index contributed by atoms with van der Waals surface area (Å²) in [6.07, 6.45) is 0.495. The van der Waals surface area contributed by atoms with Crippen molar-refractivity contribution in [3.63, 3.8) is 0 Å². The maximum Gasteiger partial charge on any atom is 0.240 e. The van der Waals surface area contributed by atoms with E-state index in [1.54, 1.807) is 44.2 Å². The number of amides is 1. The summed E-state index contributed by atoms with van der Waals surface area (Å²) in [5, 5.41) is 2.81. The Labute approximate surface area is 175 Å².